The number of anilines is 1. The summed E-state index contributed by atoms with van der Waals surface area (Å²) < 4.78 is 15.4. The van der Waals surface area contributed by atoms with Gasteiger partial charge in [0.25, 0.3) is 0 Å². The second-order valence-corrected chi connectivity index (χ2v) is 7.90. The van der Waals surface area contributed by atoms with Gasteiger partial charge in [0.05, 0.1) is 55.7 Å². The van der Waals surface area contributed by atoms with Crippen LogP contribution in [0.25, 0.3) is 0 Å². The molecule has 2 aromatic rings. The second-order valence-electron chi connectivity index (χ2n) is 6.99. The average Bonchev–Trinajstić information content (AvgIpc) is 2.87. The maximum Gasteiger partial charge on any atom is 0.355 e. The van der Waals surface area contributed by atoms with Gasteiger partial charge < -0.3 is 19.9 Å². The van der Waals surface area contributed by atoms with Crippen LogP contribution in [0.4, 0.5) is 5.69 Å². The maximum atomic E-state index is 13.1. The van der Waals surface area contributed by atoms with E-state index < -0.39 is 23.8 Å². The molecule has 1 heterocycles. The fourth-order valence-corrected chi connectivity index (χ4v) is 4.10. The molecule has 1 aliphatic heterocycles. The summed E-state index contributed by atoms with van der Waals surface area (Å²) >= 11 is 3.30. The number of nitrogens with two attached hydrogens (primary N) is 1. The third-order valence-corrected chi connectivity index (χ3v) is 5.71. The standard InChI is InChI=1S/C24H20BrN3O6/c1-32-22(29)15-11-14(25)9-10-17(15)28-20(24(31)34-3)19(23(30)33-2)18(16(12-26)21(28)27)13-7-5-4-6-8-13/h4-11,18H,27H2,1-3H3. The van der Waals surface area contributed by atoms with Crippen molar-refractivity contribution in [3.05, 3.63) is 86.8 Å². The van der Waals surface area contributed by atoms with E-state index in [1.54, 1.807) is 36.4 Å². The predicted molar refractivity (Wildman–Crippen MR) is 125 cm³/mol. The average molecular weight is 526 g/mol. The summed E-state index contributed by atoms with van der Waals surface area (Å²) in [5.74, 6) is -3.68. The van der Waals surface area contributed by atoms with E-state index in [0.717, 1.165) is 19.1 Å². The Morgan fingerprint density at radius 1 is 0.971 bits per heavy atom. The fraction of sp³-hybridized carbons (Fsp3) is 0.167. The van der Waals surface area contributed by atoms with Crippen molar-refractivity contribution in [3.8, 4) is 6.07 Å². The lowest BCUT2D eigenvalue weighted by Gasteiger charge is -2.36. The molecule has 0 amide bonds. The van der Waals surface area contributed by atoms with Gasteiger partial charge in [0, 0.05) is 4.47 Å². The quantitative estimate of drug-likeness (QED) is 0.461. The van der Waals surface area contributed by atoms with Crippen LogP contribution in [0.15, 0.2) is 75.7 Å². The molecule has 0 saturated carbocycles. The highest BCUT2D eigenvalue weighted by Crippen LogP contribution is 2.44. The Morgan fingerprint density at radius 3 is 2.15 bits per heavy atom. The molecule has 2 aromatic carbocycles. The lowest BCUT2D eigenvalue weighted by Crippen LogP contribution is -2.41. The van der Waals surface area contributed by atoms with Crippen molar-refractivity contribution >= 4 is 39.5 Å². The van der Waals surface area contributed by atoms with Crippen LogP contribution in [-0.4, -0.2) is 39.2 Å². The molecule has 0 radical (unpaired) electrons. The summed E-state index contributed by atoms with van der Waals surface area (Å²) in [7, 11) is 3.50. The number of rotatable bonds is 5. The SMILES string of the molecule is COC(=O)C1=C(C(=O)OC)N(c2ccc(Br)cc2C(=O)OC)C(N)=C(C#N)C1c1ccccc1. The lowest BCUT2D eigenvalue weighted by atomic mass is 9.80. The molecule has 1 aliphatic rings. The summed E-state index contributed by atoms with van der Waals surface area (Å²) in [5.41, 5.74) is 6.66. The van der Waals surface area contributed by atoms with E-state index in [0.29, 0.717) is 10.0 Å². The number of esters is 3. The Bertz CT molecular complexity index is 1260. The molecule has 2 N–H and O–H groups in total. The predicted octanol–water partition coefficient (Wildman–Crippen LogP) is 3.13. The number of carbonyl (C=O) groups is 3. The molecule has 9 nitrogen and oxygen atoms in total. The van der Waals surface area contributed by atoms with Crippen LogP contribution in [0.3, 0.4) is 0 Å². The molecule has 3 rings (SSSR count). The van der Waals surface area contributed by atoms with Crippen LogP contribution < -0.4 is 10.6 Å². The first-order chi connectivity index (χ1) is 16.3. The molecule has 10 heteroatoms. The number of hydrogen-bond donors (Lipinski definition) is 1. The first kappa shape index (κ1) is 24.5. The van der Waals surface area contributed by atoms with Crippen LogP contribution in [0.5, 0.6) is 0 Å². The number of hydrogen-bond acceptors (Lipinski definition) is 9. The van der Waals surface area contributed by atoms with E-state index in [2.05, 4.69) is 22.0 Å². The minimum absolute atomic E-state index is 0.0158. The summed E-state index contributed by atoms with van der Waals surface area (Å²) in [6.45, 7) is 0. The first-order valence-corrected chi connectivity index (χ1v) is 10.6. The van der Waals surface area contributed by atoms with Crippen molar-refractivity contribution in [2.45, 2.75) is 5.92 Å². The summed E-state index contributed by atoms with van der Waals surface area (Å²) in [6, 6.07) is 15.2. The number of allylic oxidation sites excluding steroid dienone is 1. The van der Waals surface area contributed by atoms with Gasteiger partial charge in [0.1, 0.15) is 11.5 Å². The Hall–Kier alpha value is -4.10. The number of nitrogens with zero attached hydrogens (tertiary/aromatic N) is 2. The van der Waals surface area contributed by atoms with E-state index in [1.165, 1.54) is 19.2 Å². The number of benzene rings is 2. The Kier molecular flexibility index (Phi) is 7.38. The Labute approximate surface area is 204 Å². The van der Waals surface area contributed by atoms with Gasteiger partial charge in [-0.15, -0.1) is 0 Å². The lowest BCUT2D eigenvalue weighted by molar-refractivity contribution is -0.139. The largest absolute Gasteiger partial charge is 0.466 e. The number of methoxy groups -OCH3 is 3. The third-order valence-electron chi connectivity index (χ3n) is 5.22. The highest BCUT2D eigenvalue weighted by molar-refractivity contribution is 9.10. The molecule has 1 unspecified atom stereocenters. The van der Waals surface area contributed by atoms with Crippen molar-refractivity contribution < 1.29 is 28.6 Å². The number of halogens is 1. The van der Waals surface area contributed by atoms with Gasteiger partial charge >= 0.3 is 17.9 Å². The summed E-state index contributed by atoms with van der Waals surface area (Å²) in [5, 5.41) is 10.1. The normalized spacial score (nSPS) is 15.5. The van der Waals surface area contributed by atoms with E-state index in [9.17, 15) is 19.6 Å². The minimum atomic E-state index is -1.01. The van der Waals surface area contributed by atoms with Gasteiger partial charge in [-0.2, -0.15) is 5.26 Å². The number of carbonyl (C=O) groups excluding carboxylic acids is 3. The van der Waals surface area contributed by atoms with Crippen LogP contribution in [0.2, 0.25) is 0 Å². The van der Waals surface area contributed by atoms with Crippen LogP contribution in [-0.2, 0) is 23.8 Å². The molecule has 0 bridgehead atoms. The van der Waals surface area contributed by atoms with E-state index in [-0.39, 0.29) is 33.9 Å². The third kappa shape index (κ3) is 4.25. The van der Waals surface area contributed by atoms with Gasteiger partial charge in [0.2, 0.25) is 0 Å². The van der Waals surface area contributed by atoms with Crippen molar-refractivity contribution in [3.63, 3.8) is 0 Å². The molecule has 0 aromatic heterocycles. The first-order valence-electron chi connectivity index (χ1n) is 9.84. The molecular weight excluding hydrogens is 506 g/mol. The van der Waals surface area contributed by atoms with Crippen molar-refractivity contribution in [2.24, 2.45) is 5.73 Å². The number of nitriles is 1. The Morgan fingerprint density at radius 2 is 1.59 bits per heavy atom. The zero-order valence-corrected chi connectivity index (χ0v) is 20.1. The smallest absolute Gasteiger partial charge is 0.355 e. The van der Waals surface area contributed by atoms with Crippen LogP contribution in [0, 0.1) is 11.3 Å². The zero-order chi connectivity index (χ0) is 25.0. The van der Waals surface area contributed by atoms with Crippen molar-refractivity contribution in [1.29, 1.82) is 5.26 Å². The fourth-order valence-electron chi connectivity index (χ4n) is 3.74. The highest BCUT2D eigenvalue weighted by atomic mass is 79.9. The molecule has 0 spiro atoms. The summed E-state index contributed by atoms with van der Waals surface area (Å²) in [6.07, 6.45) is 0. The highest BCUT2D eigenvalue weighted by Gasteiger charge is 2.43. The summed E-state index contributed by atoms with van der Waals surface area (Å²) in [4.78, 5) is 39.9. The van der Waals surface area contributed by atoms with Crippen molar-refractivity contribution in [2.75, 3.05) is 26.2 Å². The molecule has 0 fully saturated rings. The molecule has 0 saturated heterocycles. The van der Waals surface area contributed by atoms with E-state index >= 15 is 0 Å². The van der Waals surface area contributed by atoms with Gasteiger partial charge in [-0.25, -0.2) is 14.4 Å². The molecule has 34 heavy (non-hydrogen) atoms. The van der Waals surface area contributed by atoms with Crippen LogP contribution >= 0.6 is 15.9 Å². The topological polar surface area (TPSA) is 132 Å². The van der Waals surface area contributed by atoms with Gasteiger partial charge in [0.15, 0.2) is 0 Å². The zero-order valence-electron chi connectivity index (χ0n) is 18.5. The van der Waals surface area contributed by atoms with Crippen molar-refractivity contribution in [1.82, 2.24) is 0 Å². The van der Waals surface area contributed by atoms with E-state index in [4.69, 9.17) is 19.9 Å². The Balaban J connectivity index is 2.47. The maximum absolute atomic E-state index is 13.1. The van der Waals surface area contributed by atoms with E-state index in [1.807, 2.05) is 0 Å². The van der Waals surface area contributed by atoms with Crippen LogP contribution in [0.1, 0.15) is 21.8 Å². The van der Waals surface area contributed by atoms with Gasteiger partial charge in [-0.05, 0) is 23.8 Å². The van der Waals surface area contributed by atoms with Gasteiger partial charge in [-0.1, -0.05) is 46.3 Å². The number of ether oxygens (including phenoxy) is 3. The molecule has 0 aliphatic carbocycles. The molecular formula is C24H20BrN3O6. The molecule has 174 valence electrons. The second kappa shape index (κ2) is 10.2. The monoisotopic (exact) mass is 525 g/mol. The minimum Gasteiger partial charge on any atom is -0.466 e. The molecule has 1 atom stereocenters. The van der Waals surface area contributed by atoms with Gasteiger partial charge in [-0.3, -0.25) is 4.90 Å².